The molecule has 0 bridgehead atoms. The summed E-state index contributed by atoms with van der Waals surface area (Å²) in [6.45, 7) is 8.75. The number of rotatable bonds is 3. The van der Waals surface area contributed by atoms with E-state index in [-0.39, 0.29) is 0 Å². The highest BCUT2D eigenvalue weighted by Gasteiger charge is 2.40. The van der Waals surface area contributed by atoms with Gasteiger partial charge in [-0.3, -0.25) is 0 Å². The Labute approximate surface area is 125 Å². The predicted molar refractivity (Wildman–Crippen MR) is 90.5 cm³/mol. The molecule has 0 unspecified atom stereocenters. The first kappa shape index (κ1) is 14.3. The Kier molecular flexibility index (Phi) is 4.32. The second kappa shape index (κ2) is 6.03. The van der Waals surface area contributed by atoms with Crippen LogP contribution in [0.4, 0.5) is 0 Å². The van der Waals surface area contributed by atoms with Gasteiger partial charge in [-0.05, 0) is 56.0 Å². The molecule has 20 heavy (non-hydrogen) atoms. The topological polar surface area (TPSA) is 3.24 Å². The van der Waals surface area contributed by atoms with Crippen LogP contribution < -0.4 is 5.19 Å². The lowest BCUT2D eigenvalue weighted by Gasteiger charge is -2.44. The summed E-state index contributed by atoms with van der Waals surface area (Å²) in [5.74, 6) is 0.846. The van der Waals surface area contributed by atoms with Crippen LogP contribution in [0.25, 0.3) is 0 Å². The van der Waals surface area contributed by atoms with E-state index >= 15 is 0 Å². The molecule has 1 spiro atoms. The molecule has 0 radical (unpaired) electrons. The minimum atomic E-state index is -1.13. The van der Waals surface area contributed by atoms with Gasteiger partial charge in [-0.2, -0.15) is 0 Å². The van der Waals surface area contributed by atoms with Crippen LogP contribution in [0.3, 0.4) is 0 Å². The number of hydrogen-bond acceptors (Lipinski definition) is 1. The summed E-state index contributed by atoms with van der Waals surface area (Å²) >= 11 is 0. The van der Waals surface area contributed by atoms with Gasteiger partial charge in [-0.25, -0.2) is 0 Å². The molecule has 2 aliphatic heterocycles. The van der Waals surface area contributed by atoms with E-state index in [0.29, 0.717) is 0 Å². The highest BCUT2D eigenvalue weighted by atomic mass is 28.3. The van der Waals surface area contributed by atoms with Gasteiger partial charge in [0.2, 0.25) is 0 Å². The van der Waals surface area contributed by atoms with Crippen LogP contribution in [0.1, 0.15) is 32.3 Å². The van der Waals surface area contributed by atoms with Crippen LogP contribution in [0, 0.1) is 5.92 Å². The van der Waals surface area contributed by atoms with Gasteiger partial charge in [0, 0.05) is 0 Å². The normalized spacial score (nSPS) is 22.1. The molecule has 0 amide bonds. The number of hydrogen-bond donors (Lipinski definition) is 0. The Hall–Kier alpha value is -0.603. The summed E-state index contributed by atoms with van der Waals surface area (Å²) in [5, 5.41) is 1.83. The van der Waals surface area contributed by atoms with E-state index in [4.69, 9.17) is 0 Å². The monoisotopic (exact) mass is 287 g/mol. The molecular formula is C18H29NSi. The second-order valence-electron chi connectivity index (χ2n) is 7.32. The zero-order valence-corrected chi connectivity index (χ0v) is 14.2. The van der Waals surface area contributed by atoms with Gasteiger partial charge >= 0.3 is 0 Å². The average Bonchev–Trinajstić information content (AvgIpc) is 2.47. The maximum Gasteiger partial charge on any atom is 0.0895 e. The highest BCUT2D eigenvalue weighted by molar-refractivity contribution is 6.92. The van der Waals surface area contributed by atoms with Crippen molar-refractivity contribution in [3.63, 3.8) is 0 Å². The van der Waals surface area contributed by atoms with Gasteiger partial charge in [0.15, 0.2) is 0 Å². The number of aryl methyl sites for hydroxylation is 1. The summed E-state index contributed by atoms with van der Waals surface area (Å²) < 4.78 is 0. The van der Waals surface area contributed by atoms with Crippen LogP contribution >= 0.6 is 0 Å². The minimum Gasteiger partial charge on any atom is -0.304 e. The van der Waals surface area contributed by atoms with Crippen LogP contribution in [0.15, 0.2) is 24.3 Å². The van der Waals surface area contributed by atoms with Crippen molar-refractivity contribution < 1.29 is 0 Å². The molecule has 1 fully saturated rings. The summed E-state index contributed by atoms with van der Waals surface area (Å²) in [5.41, 5.74) is 1.70. The second-order valence-corrected chi connectivity index (χ2v) is 11.9. The van der Waals surface area contributed by atoms with Crippen LogP contribution in [-0.4, -0.2) is 32.6 Å². The smallest absolute Gasteiger partial charge is 0.0895 e. The molecule has 1 nitrogen and oxygen atoms in total. The van der Waals surface area contributed by atoms with E-state index in [1.54, 1.807) is 11.6 Å². The summed E-state index contributed by atoms with van der Waals surface area (Å²) in [7, 11) is -1.13. The van der Waals surface area contributed by atoms with Gasteiger partial charge in [0.05, 0.1) is 8.07 Å². The standard InChI is InChI=1S/C18H29NSi/c1-16(2)9-10-19-11-14-20(15-12-19)13-5-7-17-6-3-4-8-18(17)20/h3-4,6,8,16H,5,7,9-15H2,1-2H3. The van der Waals surface area contributed by atoms with Crippen molar-refractivity contribution in [3.8, 4) is 0 Å². The third-order valence-electron chi connectivity index (χ3n) is 5.53. The van der Waals surface area contributed by atoms with Gasteiger partial charge in [0.25, 0.3) is 0 Å². The Morgan fingerprint density at radius 3 is 2.60 bits per heavy atom. The maximum atomic E-state index is 2.73. The van der Waals surface area contributed by atoms with Gasteiger partial charge in [0.1, 0.15) is 0 Å². The molecule has 2 heteroatoms. The van der Waals surface area contributed by atoms with Crippen molar-refractivity contribution in [2.24, 2.45) is 5.92 Å². The maximum absolute atomic E-state index is 2.73. The van der Waals surface area contributed by atoms with E-state index in [1.807, 2.05) is 5.19 Å². The molecule has 1 aromatic rings. The minimum absolute atomic E-state index is 0.846. The van der Waals surface area contributed by atoms with Crippen LogP contribution in [0.5, 0.6) is 0 Å². The highest BCUT2D eigenvalue weighted by Crippen LogP contribution is 2.32. The summed E-state index contributed by atoms with van der Waals surface area (Å²) in [4.78, 5) is 2.73. The molecule has 0 aliphatic carbocycles. The van der Waals surface area contributed by atoms with Crippen LogP contribution in [0.2, 0.25) is 18.1 Å². The van der Waals surface area contributed by atoms with E-state index in [1.165, 1.54) is 51.0 Å². The van der Waals surface area contributed by atoms with E-state index in [9.17, 15) is 0 Å². The van der Waals surface area contributed by atoms with Gasteiger partial charge in [-0.15, -0.1) is 0 Å². The van der Waals surface area contributed by atoms with E-state index < -0.39 is 8.07 Å². The number of fused-ring (bicyclic) bond motifs is 2. The number of benzene rings is 1. The van der Waals surface area contributed by atoms with Crippen molar-refractivity contribution in [2.45, 2.75) is 51.2 Å². The molecule has 1 saturated heterocycles. The molecule has 3 rings (SSSR count). The summed E-state index contributed by atoms with van der Waals surface area (Å²) in [6.07, 6.45) is 4.16. The van der Waals surface area contributed by atoms with Crippen molar-refractivity contribution in [3.05, 3.63) is 29.8 Å². The van der Waals surface area contributed by atoms with E-state index in [0.717, 1.165) is 5.92 Å². The molecule has 2 heterocycles. The van der Waals surface area contributed by atoms with E-state index in [2.05, 4.69) is 43.0 Å². The Bertz CT molecular complexity index is 446. The quantitative estimate of drug-likeness (QED) is 0.767. The lowest BCUT2D eigenvalue weighted by atomic mass is 10.1. The third-order valence-corrected chi connectivity index (χ3v) is 10.8. The van der Waals surface area contributed by atoms with Gasteiger partial charge in [-0.1, -0.05) is 55.8 Å². The first-order valence-corrected chi connectivity index (χ1v) is 11.1. The van der Waals surface area contributed by atoms with Crippen molar-refractivity contribution in [1.82, 2.24) is 4.90 Å². The molecule has 1 aromatic carbocycles. The molecule has 2 aliphatic rings. The average molecular weight is 288 g/mol. The predicted octanol–water partition coefficient (Wildman–Crippen LogP) is 3.65. The zero-order valence-electron chi connectivity index (χ0n) is 13.2. The largest absolute Gasteiger partial charge is 0.304 e. The number of nitrogens with zero attached hydrogens (tertiary/aromatic N) is 1. The third kappa shape index (κ3) is 2.87. The Morgan fingerprint density at radius 1 is 1.10 bits per heavy atom. The Balaban J connectivity index is 1.68. The van der Waals surface area contributed by atoms with Crippen LogP contribution in [-0.2, 0) is 6.42 Å². The lowest BCUT2D eigenvalue weighted by molar-refractivity contribution is 0.271. The Morgan fingerprint density at radius 2 is 1.85 bits per heavy atom. The molecule has 0 N–H and O–H groups in total. The van der Waals surface area contributed by atoms with Crippen molar-refractivity contribution in [1.29, 1.82) is 0 Å². The molecule has 0 atom stereocenters. The zero-order chi connectivity index (χ0) is 14.0. The molecule has 110 valence electrons. The fraction of sp³-hybridized carbons (Fsp3) is 0.667. The van der Waals surface area contributed by atoms with Crippen molar-refractivity contribution in [2.75, 3.05) is 19.6 Å². The molecule has 0 saturated carbocycles. The summed E-state index contributed by atoms with van der Waals surface area (Å²) in [6, 6.07) is 14.0. The van der Waals surface area contributed by atoms with Crippen molar-refractivity contribution >= 4 is 13.3 Å². The first-order valence-electron chi connectivity index (χ1n) is 8.50. The SMILES string of the molecule is CC(C)CCN1CC[Si]2(CCCc3ccccc32)CC1. The fourth-order valence-electron chi connectivity index (χ4n) is 4.17. The molecule has 0 aromatic heterocycles. The van der Waals surface area contributed by atoms with Gasteiger partial charge < -0.3 is 4.90 Å². The lowest BCUT2D eigenvalue weighted by Crippen LogP contribution is -2.57. The molecular weight excluding hydrogens is 258 g/mol. The first-order chi connectivity index (χ1) is 9.70. The fourth-order valence-corrected chi connectivity index (χ4v) is 9.41.